The lowest BCUT2D eigenvalue weighted by molar-refractivity contribution is -0.120. The zero-order valence-electron chi connectivity index (χ0n) is 14.1. The molecule has 1 N–H and O–H groups in total. The van der Waals surface area contributed by atoms with Crippen molar-refractivity contribution in [3.05, 3.63) is 47.8 Å². The monoisotopic (exact) mass is 393 g/mol. The van der Waals surface area contributed by atoms with Crippen LogP contribution in [0, 0.1) is 23.4 Å². The lowest BCUT2D eigenvalue weighted by atomic mass is 10.00. The van der Waals surface area contributed by atoms with Gasteiger partial charge in [0.05, 0.1) is 28.9 Å². The molecule has 4 rings (SSSR count). The molecule has 2 aromatic carbocycles. The molecular weight excluding hydrogens is 379 g/mol. The highest BCUT2D eigenvalue weighted by Gasteiger charge is 2.35. The summed E-state index contributed by atoms with van der Waals surface area (Å²) in [5.74, 6) is -4.42. The largest absolute Gasteiger partial charge is 0.497 e. The minimum absolute atomic E-state index is 0.371. The molecule has 5 nitrogen and oxygen atoms in total. The van der Waals surface area contributed by atoms with Crippen LogP contribution in [0.1, 0.15) is 0 Å². The van der Waals surface area contributed by atoms with Crippen LogP contribution in [-0.4, -0.2) is 31.1 Å². The van der Waals surface area contributed by atoms with Crippen molar-refractivity contribution >= 4 is 38.3 Å². The van der Waals surface area contributed by atoms with Crippen molar-refractivity contribution in [2.24, 2.45) is 5.92 Å². The van der Waals surface area contributed by atoms with Crippen molar-refractivity contribution in [1.82, 2.24) is 4.98 Å². The second kappa shape index (κ2) is 6.73. The molecule has 0 radical (unpaired) electrons. The number of nitrogens with one attached hydrogen (secondary N) is 1. The number of aromatic nitrogens is 1. The number of anilines is 2. The number of hydrogen-bond acceptors (Lipinski definition) is 5. The van der Waals surface area contributed by atoms with Gasteiger partial charge >= 0.3 is 0 Å². The Morgan fingerprint density at radius 3 is 2.74 bits per heavy atom. The molecule has 3 aromatic rings. The van der Waals surface area contributed by atoms with Gasteiger partial charge in [0, 0.05) is 19.2 Å². The van der Waals surface area contributed by atoms with E-state index in [0.29, 0.717) is 18.8 Å². The van der Waals surface area contributed by atoms with Gasteiger partial charge in [0.1, 0.15) is 5.75 Å². The Morgan fingerprint density at radius 2 is 2.00 bits per heavy atom. The normalized spacial score (nSPS) is 14.3. The third-order valence-corrected chi connectivity index (χ3v) is 5.50. The number of halogens is 3. The first-order valence-corrected chi connectivity index (χ1v) is 8.92. The molecular formula is C18H14F3N3O2S. The van der Waals surface area contributed by atoms with Crippen molar-refractivity contribution in [1.29, 1.82) is 0 Å². The minimum Gasteiger partial charge on any atom is -0.497 e. The van der Waals surface area contributed by atoms with Gasteiger partial charge in [-0.3, -0.25) is 4.79 Å². The van der Waals surface area contributed by atoms with Crippen LogP contribution in [0.25, 0.3) is 10.2 Å². The van der Waals surface area contributed by atoms with Gasteiger partial charge in [-0.25, -0.2) is 18.2 Å². The molecule has 1 amide bonds. The smallest absolute Gasteiger partial charge is 0.231 e. The maximum Gasteiger partial charge on any atom is 0.231 e. The highest BCUT2D eigenvalue weighted by atomic mass is 32.1. The van der Waals surface area contributed by atoms with E-state index in [4.69, 9.17) is 4.74 Å². The summed E-state index contributed by atoms with van der Waals surface area (Å²) in [5, 5.41) is 3.09. The van der Waals surface area contributed by atoms with Gasteiger partial charge < -0.3 is 15.0 Å². The van der Waals surface area contributed by atoms with Crippen molar-refractivity contribution in [3.8, 4) is 5.75 Å². The van der Waals surface area contributed by atoms with E-state index >= 15 is 0 Å². The highest BCUT2D eigenvalue weighted by molar-refractivity contribution is 7.22. The van der Waals surface area contributed by atoms with E-state index in [-0.39, 0.29) is 11.6 Å². The van der Waals surface area contributed by atoms with E-state index in [0.717, 1.165) is 27.5 Å². The van der Waals surface area contributed by atoms with Crippen LogP contribution in [0.15, 0.2) is 30.3 Å². The molecule has 9 heteroatoms. The summed E-state index contributed by atoms with van der Waals surface area (Å²) in [4.78, 5) is 18.7. The first-order chi connectivity index (χ1) is 13.0. The van der Waals surface area contributed by atoms with Gasteiger partial charge in [0.2, 0.25) is 5.91 Å². The first kappa shape index (κ1) is 17.6. The summed E-state index contributed by atoms with van der Waals surface area (Å²) in [5.41, 5.74) is 0.440. The van der Waals surface area contributed by atoms with Crippen molar-refractivity contribution in [2.45, 2.75) is 0 Å². The Morgan fingerprint density at radius 1 is 1.22 bits per heavy atom. The van der Waals surface area contributed by atoms with Gasteiger partial charge in [0.15, 0.2) is 22.6 Å². The van der Waals surface area contributed by atoms with Crippen LogP contribution in [-0.2, 0) is 4.79 Å². The highest BCUT2D eigenvalue weighted by Crippen LogP contribution is 2.34. The average Bonchev–Trinajstić information content (AvgIpc) is 3.03. The number of thiazole rings is 1. The summed E-state index contributed by atoms with van der Waals surface area (Å²) >= 11 is 1.50. The maximum absolute atomic E-state index is 13.7. The predicted octanol–water partition coefficient (Wildman–Crippen LogP) is 3.80. The molecule has 1 aromatic heterocycles. The van der Waals surface area contributed by atoms with E-state index in [9.17, 15) is 18.0 Å². The molecule has 140 valence electrons. The Labute approximate surface area is 156 Å². The van der Waals surface area contributed by atoms with Gasteiger partial charge in [-0.05, 0) is 24.3 Å². The number of carbonyl (C=O) groups is 1. The Balaban J connectivity index is 1.42. The maximum atomic E-state index is 13.7. The van der Waals surface area contributed by atoms with E-state index in [1.54, 1.807) is 7.11 Å². The first-order valence-electron chi connectivity index (χ1n) is 8.10. The summed E-state index contributed by atoms with van der Waals surface area (Å²) in [6.45, 7) is 0.822. The lowest BCUT2D eigenvalue weighted by Crippen LogP contribution is -2.52. The van der Waals surface area contributed by atoms with Gasteiger partial charge in [-0.15, -0.1) is 0 Å². The van der Waals surface area contributed by atoms with E-state index < -0.39 is 23.4 Å². The number of amides is 1. The average molecular weight is 393 g/mol. The SMILES string of the molecule is COc1ccc2sc(N3CC(C(=O)Nc4ccc(F)c(F)c4F)C3)nc2c1. The van der Waals surface area contributed by atoms with E-state index in [1.807, 2.05) is 23.1 Å². The van der Waals surface area contributed by atoms with Crippen LogP contribution in [0.3, 0.4) is 0 Å². The topological polar surface area (TPSA) is 54.5 Å². The Hall–Kier alpha value is -2.81. The summed E-state index contributed by atoms with van der Waals surface area (Å²) < 4.78 is 46.1. The number of rotatable bonds is 4. The fourth-order valence-corrected chi connectivity index (χ4v) is 3.78. The fraction of sp³-hybridized carbons (Fsp3) is 0.222. The molecule has 1 saturated heterocycles. The van der Waals surface area contributed by atoms with Crippen molar-refractivity contribution in [3.63, 3.8) is 0 Å². The second-order valence-corrected chi connectivity index (χ2v) is 7.15. The van der Waals surface area contributed by atoms with E-state index in [1.165, 1.54) is 11.3 Å². The zero-order chi connectivity index (χ0) is 19.1. The summed E-state index contributed by atoms with van der Waals surface area (Å²) in [6, 6.07) is 7.39. The number of benzene rings is 2. The molecule has 0 atom stereocenters. The number of fused-ring (bicyclic) bond motifs is 1. The number of nitrogens with zero attached hydrogens (tertiary/aromatic N) is 2. The predicted molar refractivity (Wildman–Crippen MR) is 96.8 cm³/mol. The molecule has 0 spiro atoms. The second-order valence-electron chi connectivity index (χ2n) is 6.14. The van der Waals surface area contributed by atoms with Crippen molar-refractivity contribution < 1.29 is 22.7 Å². The molecule has 0 saturated carbocycles. The number of hydrogen-bond donors (Lipinski definition) is 1. The van der Waals surface area contributed by atoms with Crippen LogP contribution in [0.4, 0.5) is 24.0 Å². The molecule has 0 unspecified atom stereocenters. The van der Waals surface area contributed by atoms with Crippen LogP contribution in [0.5, 0.6) is 5.75 Å². The molecule has 1 aliphatic heterocycles. The third-order valence-electron chi connectivity index (χ3n) is 4.40. The summed E-state index contributed by atoms with van der Waals surface area (Å²) in [6.07, 6.45) is 0. The van der Waals surface area contributed by atoms with Gasteiger partial charge in [-0.1, -0.05) is 11.3 Å². The third kappa shape index (κ3) is 3.18. The number of ether oxygens (including phenoxy) is 1. The Kier molecular flexibility index (Phi) is 4.39. The molecule has 27 heavy (non-hydrogen) atoms. The van der Waals surface area contributed by atoms with Gasteiger partial charge in [0.25, 0.3) is 0 Å². The molecule has 1 fully saturated rings. The van der Waals surface area contributed by atoms with Crippen molar-refractivity contribution in [2.75, 3.05) is 30.4 Å². The summed E-state index contributed by atoms with van der Waals surface area (Å²) in [7, 11) is 1.59. The van der Waals surface area contributed by atoms with Crippen LogP contribution in [0.2, 0.25) is 0 Å². The number of methoxy groups -OCH3 is 1. The molecule has 0 aliphatic carbocycles. The van der Waals surface area contributed by atoms with Gasteiger partial charge in [-0.2, -0.15) is 0 Å². The standard InChI is InChI=1S/C18H14F3N3O2S/c1-26-10-2-5-14-13(6-10)23-18(27-14)24-7-9(8-24)17(25)22-12-4-3-11(19)15(20)16(12)21/h2-6,9H,7-8H2,1H3,(H,22,25). The van der Waals surface area contributed by atoms with Crippen LogP contribution < -0.4 is 15.0 Å². The zero-order valence-corrected chi connectivity index (χ0v) is 14.9. The number of carbonyl (C=O) groups excluding carboxylic acids is 1. The molecule has 2 heterocycles. The molecule has 1 aliphatic rings. The quantitative estimate of drug-likeness (QED) is 0.685. The van der Waals surface area contributed by atoms with E-state index in [2.05, 4.69) is 10.3 Å². The fourth-order valence-electron chi connectivity index (χ4n) is 2.82. The Bertz CT molecular complexity index is 1030. The minimum atomic E-state index is -1.60. The lowest BCUT2D eigenvalue weighted by Gasteiger charge is -2.37. The van der Waals surface area contributed by atoms with Crippen LogP contribution >= 0.6 is 11.3 Å². The molecule has 0 bridgehead atoms.